The third-order valence-electron chi connectivity index (χ3n) is 3.71. The summed E-state index contributed by atoms with van der Waals surface area (Å²) in [5.41, 5.74) is 3.12. The van der Waals surface area contributed by atoms with Gasteiger partial charge in [0.2, 0.25) is 0 Å². The first kappa shape index (κ1) is 12.9. The molecule has 1 aliphatic rings. The van der Waals surface area contributed by atoms with Crippen LogP contribution in [0.2, 0.25) is 0 Å². The summed E-state index contributed by atoms with van der Waals surface area (Å²) >= 11 is 5.92. The van der Waals surface area contributed by atoms with Crippen LogP contribution in [0.4, 0.5) is 0 Å². The fourth-order valence-corrected chi connectivity index (χ4v) is 2.99. The van der Waals surface area contributed by atoms with E-state index in [1.165, 1.54) is 0 Å². The van der Waals surface area contributed by atoms with E-state index in [1.807, 2.05) is 11.6 Å². The largest absolute Gasteiger partial charge is 0.379 e. The average molecular weight is 283 g/mol. The highest BCUT2D eigenvalue weighted by atomic mass is 35.5. The van der Waals surface area contributed by atoms with Crippen LogP contribution in [0.3, 0.4) is 0 Å². The van der Waals surface area contributed by atoms with E-state index in [2.05, 4.69) is 16.6 Å². The third-order valence-corrected chi connectivity index (χ3v) is 3.89. The van der Waals surface area contributed by atoms with E-state index < -0.39 is 0 Å². The van der Waals surface area contributed by atoms with Crippen molar-refractivity contribution in [3.05, 3.63) is 11.5 Å². The number of nitrogens with zero attached hydrogens (tertiary/aromatic N) is 4. The van der Waals surface area contributed by atoms with Gasteiger partial charge in [0.1, 0.15) is 11.3 Å². The Labute approximate surface area is 117 Å². The molecule has 2 aromatic rings. The van der Waals surface area contributed by atoms with Gasteiger partial charge in [-0.2, -0.15) is 5.10 Å². The number of hydrogen-bond acceptors (Lipinski definition) is 3. The van der Waals surface area contributed by atoms with Crippen LogP contribution in [-0.2, 0) is 17.7 Å². The molecule has 1 fully saturated rings. The molecule has 1 unspecified atom stereocenters. The zero-order valence-corrected chi connectivity index (χ0v) is 12.2. The number of alkyl halides is 1. The van der Waals surface area contributed by atoms with E-state index >= 15 is 0 Å². The molecule has 0 N–H and O–H groups in total. The highest BCUT2D eigenvalue weighted by molar-refractivity contribution is 6.17. The molecule has 104 valence electrons. The molecule has 1 aliphatic heterocycles. The molecule has 0 saturated carbocycles. The predicted octanol–water partition coefficient (Wildman–Crippen LogP) is 2.30. The first-order valence-electron chi connectivity index (χ1n) is 6.84. The third kappa shape index (κ3) is 2.05. The van der Waals surface area contributed by atoms with Crippen LogP contribution in [0.15, 0.2) is 0 Å². The normalized spacial score (nSPS) is 19.6. The zero-order valence-electron chi connectivity index (χ0n) is 11.4. The van der Waals surface area contributed by atoms with Crippen molar-refractivity contribution in [3.63, 3.8) is 0 Å². The summed E-state index contributed by atoms with van der Waals surface area (Å²) in [6, 6.07) is 0.365. The van der Waals surface area contributed by atoms with E-state index in [9.17, 15) is 0 Å². The lowest BCUT2D eigenvalue weighted by Crippen LogP contribution is -2.15. The molecule has 0 aromatic carbocycles. The molecule has 6 heteroatoms. The number of aryl methyl sites for hydroxylation is 3. The molecule has 0 spiro atoms. The fraction of sp³-hybridized carbons (Fsp3) is 0.692. The number of aromatic nitrogens is 4. The standard InChI is InChI=1S/C13H19ClN4O/c1-3-17-13-12(9(2)16-17)15-11(4-6-14)18(13)10-5-7-19-8-10/h10H,3-8H2,1-2H3. The maximum atomic E-state index is 5.92. The van der Waals surface area contributed by atoms with Gasteiger partial charge in [-0.05, 0) is 20.3 Å². The van der Waals surface area contributed by atoms with E-state index in [0.29, 0.717) is 11.9 Å². The number of halogens is 1. The molecule has 0 aliphatic carbocycles. The summed E-state index contributed by atoms with van der Waals surface area (Å²) in [5.74, 6) is 1.65. The van der Waals surface area contributed by atoms with Crippen molar-refractivity contribution in [2.45, 2.75) is 39.3 Å². The van der Waals surface area contributed by atoms with E-state index in [0.717, 1.165) is 55.3 Å². The molecular formula is C13H19ClN4O. The molecule has 19 heavy (non-hydrogen) atoms. The second-order valence-electron chi connectivity index (χ2n) is 4.93. The number of ether oxygens (including phenoxy) is 1. The van der Waals surface area contributed by atoms with Crippen molar-refractivity contribution in [1.29, 1.82) is 0 Å². The van der Waals surface area contributed by atoms with Crippen LogP contribution >= 0.6 is 11.6 Å². The number of rotatable bonds is 4. The van der Waals surface area contributed by atoms with E-state index in [1.54, 1.807) is 0 Å². The molecule has 0 amide bonds. The minimum absolute atomic E-state index is 0.365. The lowest BCUT2D eigenvalue weighted by atomic mass is 10.2. The van der Waals surface area contributed by atoms with Crippen molar-refractivity contribution < 1.29 is 4.74 Å². The molecule has 3 rings (SSSR count). The number of imidazole rings is 1. The van der Waals surface area contributed by atoms with Gasteiger partial charge in [-0.15, -0.1) is 11.6 Å². The van der Waals surface area contributed by atoms with Crippen LogP contribution in [0.5, 0.6) is 0 Å². The van der Waals surface area contributed by atoms with Gasteiger partial charge in [-0.25, -0.2) is 9.67 Å². The van der Waals surface area contributed by atoms with Crippen molar-refractivity contribution in [2.24, 2.45) is 0 Å². The average Bonchev–Trinajstić information content (AvgIpc) is 3.07. The molecule has 1 atom stereocenters. The second kappa shape index (κ2) is 5.13. The lowest BCUT2D eigenvalue weighted by Gasteiger charge is -2.15. The van der Waals surface area contributed by atoms with Crippen LogP contribution in [-0.4, -0.2) is 38.4 Å². The molecule has 0 bridgehead atoms. The Balaban J connectivity index is 2.20. The maximum Gasteiger partial charge on any atom is 0.159 e. The SMILES string of the molecule is CCn1nc(C)c2nc(CCCl)n(C3CCOC3)c21. The van der Waals surface area contributed by atoms with Crippen molar-refractivity contribution in [1.82, 2.24) is 19.3 Å². The van der Waals surface area contributed by atoms with Crippen molar-refractivity contribution in [2.75, 3.05) is 19.1 Å². The van der Waals surface area contributed by atoms with Gasteiger partial charge in [-0.1, -0.05) is 0 Å². The minimum atomic E-state index is 0.365. The van der Waals surface area contributed by atoms with Gasteiger partial charge in [0.25, 0.3) is 0 Å². The van der Waals surface area contributed by atoms with Gasteiger partial charge >= 0.3 is 0 Å². The van der Waals surface area contributed by atoms with Crippen LogP contribution in [0.1, 0.15) is 30.9 Å². The molecule has 3 heterocycles. The highest BCUT2D eigenvalue weighted by Crippen LogP contribution is 2.28. The number of hydrogen-bond donors (Lipinski definition) is 0. The molecule has 2 aromatic heterocycles. The Morgan fingerprint density at radius 1 is 1.47 bits per heavy atom. The van der Waals surface area contributed by atoms with Crippen molar-refractivity contribution >= 4 is 22.8 Å². The molecular weight excluding hydrogens is 264 g/mol. The quantitative estimate of drug-likeness (QED) is 0.809. The second-order valence-corrected chi connectivity index (χ2v) is 5.31. The van der Waals surface area contributed by atoms with Gasteiger partial charge in [0.15, 0.2) is 5.65 Å². The molecule has 1 saturated heterocycles. The van der Waals surface area contributed by atoms with Crippen LogP contribution in [0, 0.1) is 6.92 Å². The van der Waals surface area contributed by atoms with Gasteiger partial charge in [0.05, 0.1) is 18.3 Å². The zero-order chi connectivity index (χ0) is 13.4. The minimum Gasteiger partial charge on any atom is -0.379 e. The van der Waals surface area contributed by atoms with Crippen molar-refractivity contribution in [3.8, 4) is 0 Å². The predicted molar refractivity (Wildman–Crippen MR) is 74.8 cm³/mol. The first-order valence-corrected chi connectivity index (χ1v) is 7.37. The summed E-state index contributed by atoms with van der Waals surface area (Å²) in [6.07, 6.45) is 1.82. The smallest absolute Gasteiger partial charge is 0.159 e. The van der Waals surface area contributed by atoms with Crippen LogP contribution in [0.25, 0.3) is 11.2 Å². The Bertz CT molecular complexity index is 583. The Morgan fingerprint density at radius 2 is 2.32 bits per heavy atom. The van der Waals surface area contributed by atoms with Gasteiger partial charge in [-0.3, -0.25) is 0 Å². The summed E-state index contributed by atoms with van der Waals surface area (Å²) in [6.45, 7) is 6.56. The highest BCUT2D eigenvalue weighted by Gasteiger charge is 2.26. The first-order chi connectivity index (χ1) is 9.26. The Hall–Kier alpha value is -1.07. The summed E-state index contributed by atoms with van der Waals surface area (Å²) in [4.78, 5) is 4.75. The summed E-state index contributed by atoms with van der Waals surface area (Å²) < 4.78 is 9.87. The summed E-state index contributed by atoms with van der Waals surface area (Å²) in [5, 5.41) is 4.56. The lowest BCUT2D eigenvalue weighted by molar-refractivity contribution is 0.186. The monoisotopic (exact) mass is 282 g/mol. The Kier molecular flexibility index (Phi) is 3.50. The molecule has 5 nitrogen and oxygen atoms in total. The van der Waals surface area contributed by atoms with E-state index in [4.69, 9.17) is 21.3 Å². The Morgan fingerprint density at radius 3 is 2.95 bits per heavy atom. The fourth-order valence-electron chi connectivity index (χ4n) is 2.83. The van der Waals surface area contributed by atoms with Crippen LogP contribution < -0.4 is 0 Å². The summed E-state index contributed by atoms with van der Waals surface area (Å²) in [7, 11) is 0. The maximum absolute atomic E-state index is 5.92. The van der Waals surface area contributed by atoms with Gasteiger partial charge < -0.3 is 9.30 Å². The molecule has 0 radical (unpaired) electrons. The van der Waals surface area contributed by atoms with Gasteiger partial charge in [0, 0.05) is 25.5 Å². The topological polar surface area (TPSA) is 44.9 Å². The number of fused-ring (bicyclic) bond motifs is 1. The van der Waals surface area contributed by atoms with E-state index in [-0.39, 0.29) is 0 Å².